The Morgan fingerprint density at radius 1 is 1.13 bits per heavy atom. The van der Waals surface area contributed by atoms with E-state index in [1.807, 2.05) is 0 Å². The molecule has 8 nitrogen and oxygen atoms in total. The van der Waals surface area contributed by atoms with Gasteiger partial charge in [0.15, 0.2) is 9.84 Å². The standard InChI is InChI=1S/C22H23N3O5S/c23-14-16-1-5-19(6-2-16)30-20-7-3-17(4-8-20)24-21(26)25-18-9-11-29-22(13-18)10-12-31(27,28)15-22/h1-8,18H,9-13,15H2,(H2,24,25,26)/t18-,22+/m0/s1. The van der Waals surface area contributed by atoms with Crippen LogP contribution in [0.5, 0.6) is 11.5 Å². The monoisotopic (exact) mass is 441 g/mol. The van der Waals surface area contributed by atoms with E-state index in [-0.39, 0.29) is 23.6 Å². The first-order valence-corrected chi connectivity index (χ1v) is 11.9. The highest BCUT2D eigenvalue weighted by molar-refractivity contribution is 7.91. The van der Waals surface area contributed by atoms with Crippen molar-refractivity contribution in [2.75, 3.05) is 23.4 Å². The Kier molecular flexibility index (Phi) is 5.85. The smallest absolute Gasteiger partial charge is 0.319 e. The van der Waals surface area contributed by atoms with Gasteiger partial charge in [0.25, 0.3) is 0 Å². The van der Waals surface area contributed by atoms with Crippen molar-refractivity contribution >= 4 is 21.6 Å². The minimum absolute atomic E-state index is 0.0283. The second-order valence-corrected chi connectivity index (χ2v) is 10.1. The Morgan fingerprint density at radius 2 is 1.81 bits per heavy atom. The number of amides is 2. The van der Waals surface area contributed by atoms with Crippen LogP contribution in [0.2, 0.25) is 0 Å². The summed E-state index contributed by atoms with van der Waals surface area (Å²) in [6, 6.07) is 15.3. The van der Waals surface area contributed by atoms with Gasteiger partial charge in [-0.2, -0.15) is 5.26 Å². The van der Waals surface area contributed by atoms with Gasteiger partial charge in [0.2, 0.25) is 0 Å². The molecule has 2 aromatic rings. The fraction of sp³-hybridized carbons (Fsp3) is 0.364. The minimum Gasteiger partial charge on any atom is -0.457 e. The number of hydrogen-bond donors (Lipinski definition) is 2. The normalized spacial score (nSPS) is 24.3. The van der Waals surface area contributed by atoms with Crippen LogP contribution in [0.1, 0.15) is 24.8 Å². The molecule has 2 saturated heterocycles. The van der Waals surface area contributed by atoms with Gasteiger partial charge in [0, 0.05) is 18.3 Å². The second kappa shape index (κ2) is 8.57. The molecule has 0 radical (unpaired) electrons. The van der Waals surface area contributed by atoms with Gasteiger partial charge < -0.3 is 20.1 Å². The number of rotatable bonds is 4. The van der Waals surface area contributed by atoms with Crippen molar-refractivity contribution in [1.29, 1.82) is 5.26 Å². The molecule has 2 atom stereocenters. The number of sulfone groups is 1. The molecule has 0 unspecified atom stereocenters. The van der Waals surface area contributed by atoms with Crippen LogP contribution in [-0.4, -0.2) is 44.2 Å². The number of nitriles is 1. The number of carbonyl (C=O) groups excluding carboxylic acids is 1. The Morgan fingerprint density at radius 3 is 2.42 bits per heavy atom. The van der Waals surface area contributed by atoms with E-state index in [0.29, 0.717) is 48.6 Å². The van der Waals surface area contributed by atoms with Crippen molar-refractivity contribution in [2.45, 2.75) is 30.9 Å². The molecule has 2 aliphatic heterocycles. The lowest BCUT2D eigenvalue weighted by atomic mass is 9.90. The summed E-state index contributed by atoms with van der Waals surface area (Å²) in [4.78, 5) is 12.4. The van der Waals surface area contributed by atoms with E-state index in [2.05, 4.69) is 16.7 Å². The molecule has 2 aliphatic rings. The number of benzene rings is 2. The van der Waals surface area contributed by atoms with Crippen molar-refractivity contribution in [3.63, 3.8) is 0 Å². The summed E-state index contributed by atoms with van der Waals surface area (Å²) in [7, 11) is -3.06. The highest BCUT2D eigenvalue weighted by Gasteiger charge is 2.46. The molecule has 1 spiro atoms. The third-order valence-corrected chi connectivity index (χ3v) is 7.30. The SMILES string of the molecule is N#Cc1ccc(Oc2ccc(NC(=O)N[C@H]3CCO[C@]4(CCS(=O)(=O)C4)C3)cc2)cc1. The predicted molar refractivity (Wildman–Crippen MR) is 115 cm³/mol. The summed E-state index contributed by atoms with van der Waals surface area (Å²) < 4.78 is 35.2. The Labute approximate surface area is 181 Å². The van der Waals surface area contributed by atoms with Crippen LogP contribution >= 0.6 is 0 Å². The number of urea groups is 1. The van der Waals surface area contributed by atoms with Crippen molar-refractivity contribution in [1.82, 2.24) is 5.32 Å². The highest BCUT2D eigenvalue weighted by atomic mass is 32.2. The third-order valence-electron chi connectivity index (χ3n) is 5.51. The van der Waals surface area contributed by atoms with Gasteiger partial charge in [-0.05, 0) is 67.8 Å². The molecule has 2 aromatic carbocycles. The number of carbonyl (C=O) groups is 1. The maximum atomic E-state index is 12.4. The molecule has 2 heterocycles. The molecule has 2 fully saturated rings. The van der Waals surface area contributed by atoms with Gasteiger partial charge in [-0.15, -0.1) is 0 Å². The number of nitrogens with zero attached hydrogens (tertiary/aromatic N) is 1. The van der Waals surface area contributed by atoms with Crippen LogP contribution in [0, 0.1) is 11.3 Å². The lowest BCUT2D eigenvalue weighted by Crippen LogP contribution is -2.50. The lowest BCUT2D eigenvalue weighted by molar-refractivity contribution is -0.0685. The van der Waals surface area contributed by atoms with Crippen LogP contribution < -0.4 is 15.4 Å². The van der Waals surface area contributed by atoms with E-state index in [9.17, 15) is 13.2 Å². The highest BCUT2D eigenvalue weighted by Crippen LogP contribution is 2.35. The molecular formula is C22H23N3O5S. The summed E-state index contributed by atoms with van der Waals surface area (Å²) in [5.74, 6) is 1.38. The third kappa shape index (κ3) is 5.34. The number of hydrogen-bond acceptors (Lipinski definition) is 6. The van der Waals surface area contributed by atoms with Gasteiger partial charge >= 0.3 is 6.03 Å². The molecule has 4 rings (SSSR count). The molecular weight excluding hydrogens is 418 g/mol. The van der Waals surface area contributed by atoms with Crippen molar-refractivity contribution in [3.8, 4) is 17.6 Å². The fourth-order valence-corrected chi connectivity index (χ4v) is 5.98. The molecule has 9 heteroatoms. The molecule has 0 aliphatic carbocycles. The molecule has 31 heavy (non-hydrogen) atoms. The molecule has 2 amide bonds. The van der Waals surface area contributed by atoms with Crippen LogP contribution in [0.3, 0.4) is 0 Å². The zero-order chi connectivity index (χ0) is 21.9. The number of ether oxygens (including phenoxy) is 2. The average molecular weight is 442 g/mol. The van der Waals surface area contributed by atoms with Crippen LogP contribution in [0.25, 0.3) is 0 Å². The van der Waals surface area contributed by atoms with E-state index >= 15 is 0 Å². The molecule has 0 saturated carbocycles. The zero-order valence-corrected chi connectivity index (χ0v) is 17.7. The molecule has 162 valence electrons. The van der Waals surface area contributed by atoms with E-state index in [1.165, 1.54) is 0 Å². The lowest BCUT2D eigenvalue weighted by Gasteiger charge is -2.37. The van der Waals surface area contributed by atoms with Gasteiger partial charge in [-0.25, -0.2) is 13.2 Å². The van der Waals surface area contributed by atoms with Gasteiger partial charge in [-0.1, -0.05) is 0 Å². The topological polar surface area (TPSA) is 118 Å². The minimum atomic E-state index is -3.06. The Hall–Kier alpha value is -3.09. The molecule has 0 aromatic heterocycles. The summed E-state index contributed by atoms with van der Waals surface area (Å²) in [6.45, 7) is 0.432. The van der Waals surface area contributed by atoms with Gasteiger partial charge in [-0.3, -0.25) is 0 Å². The van der Waals surface area contributed by atoms with Crippen molar-refractivity contribution in [2.24, 2.45) is 0 Å². The zero-order valence-electron chi connectivity index (χ0n) is 16.8. The molecule has 0 bridgehead atoms. The van der Waals surface area contributed by atoms with Crippen LogP contribution in [0.4, 0.5) is 10.5 Å². The Bertz CT molecular complexity index is 1090. The predicted octanol–water partition coefficient (Wildman–Crippen LogP) is 3.21. The average Bonchev–Trinajstić information content (AvgIpc) is 3.03. The summed E-state index contributed by atoms with van der Waals surface area (Å²) in [5, 5.41) is 14.6. The fourth-order valence-electron chi connectivity index (χ4n) is 4.00. The Balaban J connectivity index is 1.30. The first-order valence-electron chi connectivity index (χ1n) is 10.0. The first kappa shape index (κ1) is 21.2. The van der Waals surface area contributed by atoms with Gasteiger partial charge in [0.05, 0.1) is 28.7 Å². The van der Waals surface area contributed by atoms with E-state index in [4.69, 9.17) is 14.7 Å². The van der Waals surface area contributed by atoms with Gasteiger partial charge in [0.1, 0.15) is 11.5 Å². The van der Waals surface area contributed by atoms with E-state index < -0.39 is 15.4 Å². The van der Waals surface area contributed by atoms with Crippen LogP contribution in [-0.2, 0) is 14.6 Å². The maximum Gasteiger partial charge on any atom is 0.319 e. The van der Waals surface area contributed by atoms with E-state index in [0.717, 1.165) is 0 Å². The maximum absolute atomic E-state index is 12.4. The first-order chi connectivity index (χ1) is 14.8. The molecule has 2 N–H and O–H groups in total. The summed E-state index contributed by atoms with van der Waals surface area (Å²) in [5.41, 5.74) is 0.497. The number of nitrogens with one attached hydrogen (secondary N) is 2. The quantitative estimate of drug-likeness (QED) is 0.752. The van der Waals surface area contributed by atoms with Crippen molar-refractivity contribution < 1.29 is 22.7 Å². The summed E-state index contributed by atoms with van der Waals surface area (Å²) in [6.07, 6.45) is 1.62. The second-order valence-electron chi connectivity index (χ2n) is 7.92. The summed E-state index contributed by atoms with van der Waals surface area (Å²) >= 11 is 0. The van der Waals surface area contributed by atoms with E-state index in [1.54, 1.807) is 48.5 Å². The largest absolute Gasteiger partial charge is 0.457 e. The van der Waals surface area contributed by atoms with Crippen LogP contribution in [0.15, 0.2) is 48.5 Å². The van der Waals surface area contributed by atoms with Crippen molar-refractivity contribution in [3.05, 3.63) is 54.1 Å². The number of anilines is 1.